The van der Waals surface area contributed by atoms with Gasteiger partial charge in [0.2, 0.25) is 0 Å². The monoisotopic (exact) mass is 207 g/mol. The highest BCUT2D eigenvalue weighted by molar-refractivity contribution is 5.55. The first-order valence-corrected chi connectivity index (χ1v) is 4.95. The molecular weight excluding hydrogens is 193 g/mol. The Labute approximate surface area is 87.7 Å². The molecule has 2 heterocycles. The molecule has 2 aromatic heterocycles. The van der Waals surface area contributed by atoms with Gasteiger partial charge < -0.3 is 5.73 Å². The van der Waals surface area contributed by atoms with Gasteiger partial charge in [-0.05, 0) is 25.0 Å². The van der Waals surface area contributed by atoms with Crippen LogP contribution in [0.15, 0.2) is 12.1 Å². The molecular formula is C11H14FN3. The Kier molecular flexibility index (Phi) is 2.14. The van der Waals surface area contributed by atoms with Crippen molar-refractivity contribution in [3.05, 3.63) is 29.3 Å². The van der Waals surface area contributed by atoms with Crippen LogP contribution in [0.3, 0.4) is 0 Å². The second kappa shape index (κ2) is 3.22. The molecule has 0 saturated carbocycles. The zero-order chi connectivity index (χ0) is 11.2. The summed E-state index contributed by atoms with van der Waals surface area (Å²) in [6.07, 6.45) is 0. The molecule has 2 N–H and O–H groups in total. The van der Waals surface area contributed by atoms with E-state index in [-0.39, 0.29) is 11.7 Å². The fraction of sp³-hybridized carbons (Fsp3) is 0.364. The molecule has 2 aromatic rings. The molecule has 4 heteroatoms. The number of rotatable bonds is 1. The lowest BCUT2D eigenvalue weighted by Gasteiger charge is -2.03. The third-order valence-corrected chi connectivity index (χ3v) is 2.53. The zero-order valence-electron chi connectivity index (χ0n) is 9.08. The quantitative estimate of drug-likeness (QED) is 0.780. The Balaban J connectivity index is 2.87. The summed E-state index contributed by atoms with van der Waals surface area (Å²) in [5.74, 6) is 0.403. The fourth-order valence-electron chi connectivity index (χ4n) is 1.73. The lowest BCUT2D eigenvalue weighted by Crippen LogP contribution is -2.00. The SMILES string of the molecule is Cc1ccc(F)c2nc(C(C)C)c(N)n12. The first kappa shape index (κ1) is 9.96. The highest BCUT2D eigenvalue weighted by atomic mass is 19.1. The molecule has 0 radical (unpaired) electrons. The number of imidazole rings is 1. The highest BCUT2D eigenvalue weighted by Crippen LogP contribution is 2.25. The topological polar surface area (TPSA) is 43.3 Å². The third kappa shape index (κ3) is 1.37. The van der Waals surface area contributed by atoms with Crippen LogP contribution in [-0.2, 0) is 0 Å². The summed E-state index contributed by atoms with van der Waals surface area (Å²) >= 11 is 0. The molecule has 0 unspecified atom stereocenters. The molecule has 0 aliphatic rings. The molecule has 0 saturated heterocycles. The Morgan fingerprint density at radius 2 is 2.07 bits per heavy atom. The molecule has 0 fully saturated rings. The minimum Gasteiger partial charge on any atom is -0.383 e. The Bertz CT molecular complexity index is 514. The highest BCUT2D eigenvalue weighted by Gasteiger charge is 2.15. The number of nitrogen functional groups attached to an aromatic ring is 1. The van der Waals surface area contributed by atoms with E-state index in [1.54, 1.807) is 10.5 Å². The van der Waals surface area contributed by atoms with E-state index in [1.807, 2.05) is 20.8 Å². The van der Waals surface area contributed by atoms with Crippen LogP contribution < -0.4 is 5.73 Å². The maximum absolute atomic E-state index is 13.5. The van der Waals surface area contributed by atoms with Crippen molar-refractivity contribution in [3.8, 4) is 0 Å². The van der Waals surface area contributed by atoms with Gasteiger partial charge in [-0.25, -0.2) is 9.37 Å². The summed E-state index contributed by atoms with van der Waals surface area (Å²) in [5.41, 5.74) is 7.90. The van der Waals surface area contributed by atoms with Gasteiger partial charge >= 0.3 is 0 Å². The van der Waals surface area contributed by atoms with E-state index in [2.05, 4.69) is 4.98 Å². The van der Waals surface area contributed by atoms with Gasteiger partial charge in [0.25, 0.3) is 0 Å². The van der Waals surface area contributed by atoms with Crippen molar-refractivity contribution in [1.82, 2.24) is 9.38 Å². The van der Waals surface area contributed by atoms with Gasteiger partial charge in [0.1, 0.15) is 5.82 Å². The number of halogens is 1. The summed E-state index contributed by atoms with van der Waals surface area (Å²) in [6.45, 7) is 5.87. The van der Waals surface area contributed by atoms with Gasteiger partial charge in [-0.3, -0.25) is 4.40 Å². The van der Waals surface area contributed by atoms with E-state index in [0.29, 0.717) is 11.5 Å². The third-order valence-electron chi connectivity index (χ3n) is 2.53. The molecule has 0 spiro atoms. The minimum atomic E-state index is -0.334. The average Bonchev–Trinajstić information content (AvgIpc) is 2.51. The number of fused-ring (bicyclic) bond motifs is 1. The van der Waals surface area contributed by atoms with Crippen LogP contribution >= 0.6 is 0 Å². The van der Waals surface area contributed by atoms with Gasteiger partial charge in [-0.2, -0.15) is 0 Å². The van der Waals surface area contributed by atoms with Crippen molar-refractivity contribution in [2.75, 3.05) is 5.73 Å². The standard InChI is InChI=1S/C11H14FN3/c1-6(2)9-10(13)15-7(3)4-5-8(12)11(15)14-9/h4-6H,13H2,1-3H3. The van der Waals surface area contributed by atoms with E-state index in [1.165, 1.54) is 6.07 Å². The van der Waals surface area contributed by atoms with Crippen LogP contribution in [0.1, 0.15) is 31.2 Å². The number of nitrogens with zero attached hydrogens (tertiary/aromatic N) is 2. The van der Waals surface area contributed by atoms with Gasteiger partial charge in [-0.1, -0.05) is 13.8 Å². The van der Waals surface area contributed by atoms with E-state index >= 15 is 0 Å². The number of aryl methyl sites for hydroxylation is 1. The number of pyridine rings is 1. The van der Waals surface area contributed by atoms with Crippen molar-refractivity contribution >= 4 is 11.5 Å². The summed E-state index contributed by atoms with van der Waals surface area (Å²) < 4.78 is 15.1. The van der Waals surface area contributed by atoms with Crippen LogP contribution in [0.2, 0.25) is 0 Å². The molecule has 15 heavy (non-hydrogen) atoms. The predicted molar refractivity (Wildman–Crippen MR) is 58.4 cm³/mol. The van der Waals surface area contributed by atoms with Crippen LogP contribution in [-0.4, -0.2) is 9.38 Å². The number of anilines is 1. The molecule has 0 aliphatic carbocycles. The Morgan fingerprint density at radius 1 is 1.40 bits per heavy atom. The summed E-state index contributed by atoms with van der Waals surface area (Å²) in [4.78, 5) is 4.24. The van der Waals surface area contributed by atoms with Crippen molar-refractivity contribution in [1.29, 1.82) is 0 Å². The summed E-state index contributed by atoms with van der Waals surface area (Å²) in [6, 6.07) is 3.12. The second-order valence-corrected chi connectivity index (χ2v) is 4.02. The van der Waals surface area contributed by atoms with Gasteiger partial charge in [-0.15, -0.1) is 0 Å². The minimum absolute atomic E-state index is 0.198. The lowest BCUT2D eigenvalue weighted by atomic mass is 10.1. The van der Waals surface area contributed by atoms with E-state index in [9.17, 15) is 4.39 Å². The van der Waals surface area contributed by atoms with Crippen molar-refractivity contribution in [2.45, 2.75) is 26.7 Å². The van der Waals surface area contributed by atoms with Crippen LogP contribution in [0.25, 0.3) is 5.65 Å². The van der Waals surface area contributed by atoms with Crippen LogP contribution in [0, 0.1) is 12.7 Å². The zero-order valence-corrected chi connectivity index (χ0v) is 9.08. The van der Waals surface area contributed by atoms with E-state index < -0.39 is 0 Å². The van der Waals surface area contributed by atoms with Gasteiger partial charge in [0.15, 0.2) is 11.5 Å². The summed E-state index contributed by atoms with van der Waals surface area (Å²) in [7, 11) is 0. The first-order chi connectivity index (χ1) is 7.02. The van der Waals surface area contributed by atoms with Crippen molar-refractivity contribution < 1.29 is 4.39 Å². The van der Waals surface area contributed by atoms with Crippen LogP contribution in [0.4, 0.5) is 10.2 Å². The normalized spacial score (nSPS) is 11.5. The number of hydrogen-bond donors (Lipinski definition) is 1. The molecule has 0 atom stereocenters. The van der Waals surface area contributed by atoms with E-state index in [4.69, 9.17) is 5.73 Å². The number of nitrogens with two attached hydrogens (primary N) is 1. The number of hydrogen-bond acceptors (Lipinski definition) is 2. The molecule has 0 amide bonds. The molecule has 3 nitrogen and oxygen atoms in total. The first-order valence-electron chi connectivity index (χ1n) is 4.95. The predicted octanol–water partition coefficient (Wildman–Crippen LogP) is 2.49. The molecule has 0 aliphatic heterocycles. The molecule has 80 valence electrons. The van der Waals surface area contributed by atoms with E-state index in [0.717, 1.165) is 11.4 Å². The fourth-order valence-corrected chi connectivity index (χ4v) is 1.73. The second-order valence-electron chi connectivity index (χ2n) is 4.02. The smallest absolute Gasteiger partial charge is 0.175 e. The summed E-state index contributed by atoms with van der Waals surface area (Å²) in [5, 5.41) is 0. The number of aromatic nitrogens is 2. The van der Waals surface area contributed by atoms with Crippen molar-refractivity contribution in [2.24, 2.45) is 0 Å². The van der Waals surface area contributed by atoms with Gasteiger partial charge in [0.05, 0.1) is 5.69 Å². The Morgan fingerprint density at radius 3 is 2.60 bits per heavy atom. The molecule has 0 aromatic carbocycles. The maximum Gasteiger partial charge on any atom is 0.175 e. The van der Waals surface area contributed by atoms with Crippen LogP contribution in [0.5, 0.6) is 0 Å². The Hall–Kier alpha value is -1.58. The molecule has 0 bridgehead atoms. The lowest BCUT2D eigenvalue weighted by molar-refractivity contribution is 0.628. The molecule has 2 rings (SSSR count). The maximum atomic E-state index is 13.5. The van der Waals surface area contributed by atoms with Gasteiger partial charge in [0, 0.05) is 5.69 Å². The van der Waals surface area contributed by atoms with Crippen molar-refractivity contribution in [3.63, 3.8) is 0 Å². The average molecular weight is 207 g/mol. The largest absolute Gasteiger partial charge is 0.383 e.